The molecule has 42 heavy (non-hydrogen) atoms. The fourth-order valence-electron chi connectivity index (χ4n) is 5.03. The Balaban J connectivity index is 1.59. The zero-order valence-electron chi connectivity index (χ0n) is 25.3. The molecular weight excluding hydrogens is 543 g/mol. The van der Waals surface area contributed by atoms with Crippen LogP contribution in [0.4, 0.5) is 0 Å². The number of hydrazine groups is 1. The lowest BCUT2D eigenvalue weighted by Crippen LogP contribution is -2.53. The highest BCUT2D eigenvalue weighted by atomic mass is 31.2. The van der Waals surface area contributed by atoms with Crippen molar-refractivity contribution in [1.82, 2.24) is 15.5 Å². The average molecular weight is 589 g/mol. The van der Waals surface area contributed by atoms with Crippen LogP contribution in [0.25, 0.3) is 0 Å². The normalized spacial score (nSPS) is 12.4. The molecule has 8 heteroatoms. The van der Waals surface area contributed by atoms with Gasteiger partial charge in [0.2, 0.25) is 5.91 Å². The summed E-state index contributed by atoms with van der Waals surface area (Å²) in [5, 5.41) is 8.90. The van der Waals surface area contributed by atoms with E-state index in [1.165, 1.54) is 0 Å². The number of nitrogens with zero attached hydrogens (tertiary/aromatic N) is 2. The second-order valence-electron chi connectivity index (χ2n) is 10.7. The van der Waals surface area contributed by atoms with Gasteiger partial charge in [-0.3, -0.25) is 10.2 Å². The molecule has 2 N–H and O–H groups in total. The monoisotopic (exact) mass is 588 g/mol. The van der Waals surface area contributed by atoms with Crippen LogP contribution in [0.5, 0.6) is 0 Å². The highest BCUT2D eigenvalue weighted by molar-refractivity contribution is 7.44. The number of amides is 1. The van der Waals surface area contributed by atoms with Crippen LogP contribution in [0.2, 0.25) is 0 Å². The smallest absolute Gasteiger partial charge is 0.259 e. The van der Waals surface area contributed by atoms with Crippen molar-refractivity contribution in [1.29, 1.82) is 5.26 Å². The maximum absolute atomic E-state index is 13.1. The van der Waals surface area contributed by atoms with Gasteiger partial charge in [-0.2, -0.15) is 5.26 Å². The summed E-state index contributed by atoms with van der Waals surface area (Å²) in [4.78, 5) is 13.1. The SMILES string of the molecule is CC(C)N(C(C)C)P(OCCC#N)OCCCCCC(=O)NNC(c1ccccc1)(c1ccccc1)c1ccccc1. The molecular formula is C34H45N4O3P. The number of unbranched alkanes of at least 4 members (excludes halogenated alkanes) is 2. The molecule has 7 nitrogen and oxygen atoms in total. The summed E-state index contributed by atoms with van der Waals surface area (Å²) in [6, 6.07) is 33.2. The van der Waals surface area contributed by atoms with E-state index >= 15 is 0 Å². The molecule has 0 aliphatic rings. The van der Waals surface area contributed by atoms with Gasteiger partial charge in [0, 0.05) is 18.5 Å². The quantitative estimate of drug-likeness (QED) is 0.0695. The fraction of sp³-hybridized carbons (Fsp3) is 0.412. The third-order valence-electron chi connectivity index (χ3n) is 6.92. The van der Waals surface area contributed by atoms with E-state index in [2.05, 4.69) is 85.7 Å². The van der Waals surface area contributed by atoms with Crippen molar-refractivity contribution in [2.24, 2.45) is 0 Å². The van der Waals surface area contributed by atoms with Crippen molar-refractivity contribution in [3.63, 3.8) is 0 Å². The van der Waals surface area contributed by atoms with E-state index in [0.29, 0.717) is 26.1 Å². The lowest BCUT2D eigenvalue weighted by molar-refractivity contribution is -0.122. The first-order chi connectivity index (χ1) is 20.4. The van der Waals surface area contributed by atoms with Gasteiger partial charge in [-0.1, -0.05) is 97.4 Å². The van der Waals surface area contributed by atoms with E-state index < -0.39 is 14.1 Å². The van der Waals surface area contributed by atoms with Gasteiger partial charge in [0.25, 0.3) is 8.53 Å². The highest BCUT2D eigenvalue weighted by Gasteiger charge is 2.36. The molecule has 0 aliphatic carbocycles. The standard InChI is InChI=1S/C34H45N4O3P/c1-28(2)38(29(3)4)42(41-27-17-25-35)40-26-16-8-15-24-33(39)36-37-34(30-18-9-5-10-19-30,31-20-11-6-12-21-31)32-22-13-7-14-23-32/h5-7,9-14,18-23,28-29,37H,8,15-17,24,26-27H2,1-4H3,(H,36,39). The van der Waals surface area contributed by atoms with Gasteiger partial charge in [-0.15, -0.1) is 0 Å². The Hall–Kier alpha value is -3.11. The molecule has 0 heterocycles. The number of hydrogen-bond donors (Lipinski definition) is 2. The van der Waals surface area contributed by atoms with Crippen LogP contribution in [0.1, 0.15) is 76.5 Å². The Morgan fingerprint density at radius 3 is 1.71 bits per heavy atom. The summed E-state index contributed by atoms with van der Waals surface area (Å²) in [5.74, 6) is -0.0593. The molecule has 0 spiro atoms. The Morgan fingerprint density at radius 2 is 1.26 bits per heavy atom. The number of carbonyl (C=O) groups excluding carboxylic acids is 1. The van der Waals surface area contributed by atoms with E-state index in [1.54, 1.807) is 0 Å². The van der Waals surface area contributed by atoms with Gasteiger partial charge in [-0.05, 0) is 57.2 Å². The molecule has 0 aliphatic heterocycles. The van der Waals surface area contributed by atoms with E-state index in [0.717, 1.165) is 36.0 Å². The molecule has 1 unspecified atom stereocenters. The molecule has 1 atom stereocenters. The molecule has 0 bridgehead atoms. The molecule has 224 valence electrons. The lowest BCUT2D eigenvalue weighted by Gasteiger charge is -2.37. The Bertz CT molecular complexity index is 1120. The summed E-state index contributed by atoms with van der Waals surface area (Å²) in [5.41, 5.74) is 8.81. The summed E-state index contributed by atoms with van der Waals surface area (Å²) >= 11 is 0. The van der Waals surface area contributed by atoms with Crippen LogP contribution in [0, 0.1) is 11.3 Å². The Morgan fingerprint density at radius 1 is 0.786 bits per heavy atom. The third kappa shape index (κ3) is 9.46. The molecule has 3 aromatic rings. The summed E-state index contributed by atoms with van der Waals surface area (Å²) in [7, 11) is -1.24. The first-order valence-electron chi connectivity index (χ1n) is 14.8. The van der Waals surface area contributed by atoms with Crippen LogP contribution < -0.4 is 10.9 Å². The summed E-state index contributed by atoms with van der Waals surface area (Å²) < 4.78 is 14.4. The minimum atomic E-state index is -1.24. The zero-order chi connectivity index (χ0) is 30.2. The van der Waals surface area contributed by atoms with Crippen molar-refractivity contribution in [2.75, 3.05) is 13.2 Å². The number of hydrogen-bond acceptors (Lipinski definition) is 6. The average Bonchev–Trinajstić information content (AvgIpc) is 3.00. The number of benzene rings is 3. The van der Waals surface area contributed by atoms with Crippen molar-refractivity contribution >= 4 is 14.4 Å². The molecule has 3 aromatic carbocycles. The van der Waals surface area contributed by atoms with E-state index in [-0.39, 0.29) is 18.0 Å². The van der Waals surface area contributed by atoms with Gasteiger partial charge in [0.05, 0.1) is 25.7 Å². The number of nitrogens with one attached hydrogen (secondary N) is 2. The second-order valence-corrected chi connectivity index (χ2v) is 12.2. The minimum absolute atomic E-state index is 0.0593. The summed E-state index contributed by atoms with van der Waals surface area (Å²) in [6.07, 6.45) is 3.18. The van der Waals surface area contributed by atoms with Crippen LogP contribution in [-0.4, -0.2) is 35.9 Å². The van der Waals surface area contributed by atoms with Crippen LogP contribution in [0.15, 0.2) is 91.0 Å². The highest BCUT2D eigenvalue weighted by Crippen LogP contribution is 2.46. The fourth-order valence-corrected chi connectivity index (χ4v) is 6.66. The van der Waals surface area contributed by atoms with Crippen LogP contribution in [-0.2, 0) is 19.4 Å². The molecule has 0 saturated heterocycles. The van der Waals surface area contributed by atoms with Gasteiger partial charge < -0.3 is 9.05 Å². The van der Waals surface area contributed by atoms with Crippen molar-refractivity contribution in [3.05, 3.63) is 108 Å². The maximum atomic E-state index is 13.1. The Labute approximate surface area is 253 Å². The summed E-state index contributed by atoms with van der Waals surface area (Å²) in [6.45, 7) is 9.42. The predicted octanol–water partition coefficient (Wildman–Crippen LogP) is 7.45. The molecule has 0 aromatic heterocycles. The first kappa shape index (κ1) is 33.4. The van der Waals surface area contributed by atoms with Gasteiger partial charge >= 0.3 is 0 Å². The topological polar surface area (TPSA) is 86.6 Å². The van der Waals surface area contributed by atoms with Crippen molar-refractivity contribution in [2.45, 2.75) is 77.4 Å². The Kier molecular flexibility index (Phi) is 14.1. The molecule has 0 saturated carbocycles. The lowest BCUT2D eigenvalue weighted by atomic mass is 9.77. The van der Waals surface area contributed by atoms with Crippen molar-refractivity contribution in [3.8, 4) is 6.07 Å². The second kappa shape index (κ2) is 17.8. The number of rotatable bonds is 18. The zero-order valence-corrected chi connectivity index (χ0v) is 26.2. The molecule has 0 fully saturated rings. The van der Waals surface area contributed by atoms with Gasteiger partial charge in [0.15, 0.2) is 0 Å². The predicted molar refractivity (Wildman–Crippen MR) is 170 cm³/mol. The number of carbonyl (C=O) groups is 1. The van der Waals surface area contributed by atoms with Gasteiger partial charge in [0.1, 0.15) is 5.54 Å². The van der Waals surface area contributed by atoms with Crippen LogP contribution >= 0.6 is 8.53 Å². The molecule has 0 radical (unpaired) electrons. The number of nitriles is 1. The molecule has 1 amide bonds. The largest absolute Gasteiger partial charge is 0.322 e. The maximum Gasteiger partial charge on any atom is 0.259 e. The van der Waals surface area contributed by atoms with E-state index in [1.807, 2.05) is 54.6 Å². The van der Waals surface area contributed by atoms with Gasteiger partial charge in [-0.25, -0.2) is 10.1 Å². The first-order valence-corrected chi connectivity index (χ1v) is 16.0. The van der Waals surface area contributed by atoms with Crippen LogP contribution in [0.3, 0.4) is 0 Å². The van der Waals surface area contributed by atoms with E-state index in [9.17, 15) is 4.79 Å². The third-order valence-corrected chi connectivity index (χ3v) is 9.03. The van der Waals surface area contributed by atoms with Crippen molar-refractivity contribution < 1.29 is 13.8 Å². The minimum Gasteiger partial charge on any atom is -0.322 e. The van der Waals surface area contributed by atoms with E-state index in [4.69, 9.17) is 14.3 Å². The molecule has 3 rings (SSSR count).